The fraction of sp³-hybridized carbons (Fsp3) is 0.417. The van der Waals surface area contributed by atoms with E-state index in [0.29, 0.717) is 6.42 Å². The molecule has 0 aliphatic carbocycles. The van der Waals surface area contributed by atoms with Crippen molar-refractivity contribution in [2.45, 2.75) is 25.7 Å². The predicted octanol–water partition coefficient (Wildman–Crippen LogP) is 2.42. The summed E-state index contributed by atoms with van der Waals surface area (Å²) in [5.41, 5.74) is 0.734. The van der Waals surface area contributed by atoms with Gasteiger partial charge >= 0.3 is 0 Å². The molecule has 0 aliphatic heterocycles. The van der Waals surface area contributed by atoms with Crippen molar-refractivity contribution >= 4 is 5.78 Å². The van der Waals surface area contributed by atoms with Crippen LogP contribution in [0.15, 0.2) is 30.3 Å². The molecule has 4 heteroatoms. The number of ketones is 1. The van der Waals surface area contributed by atoms with Crippen molar-refractivity contribution in [1.29, 1.82) is 0 Å². The largest absolute Gasteiger partial charge is 0.299 e. The first-order valence-electron chi connectivity index (χ1n) is 5.34. The third kappa shape index (κ3) is 3.46. The molecule has 0 fully saturated rings. The van der Waals surface area contributed by atoms with E-state index in [1.807, 2.05) is 13.0 Å². The van der Waals surface area contributed by atoms with Crippen LogP contribution in [0.5, 0.6) is 0 Å². The summed E-state index contributed by atoms with van der Waals surface area (Å²) in [6.07, 6.45) is 1.12. The number of hydrogen-bond donors (Lipinski definition) is 0. The van der Waals surface area contributed by atoms with Crippen LogP contribution in [0.1, 0.15) is 31.2 Å². The monoisotopic (exact) mass is 221 g/mol. The van der Waals surface area contributed by atoms with Crippen molar-refractivity contribution in [2.24, 2.45) is 0 Å². The summed E-state index contributed by atoms with van der Waals surface area (Å²) < 4.78 is 0. The number of rotatable bonds is 6. The molecule has 0 N–H and O–H groups in total. The van der Waals surface area contributed by atoms with Crippen LogP contribution >= 0.6 is 0 Å². The molecule has 0 heterocycles. The summed E-state index contributed by atoms with van der Waals surface area (Å²) in [5.74, 6) is -0.651. The zero-order chi connectivity index (χ0) is 12.0. The highest BCUT2D eigenvalue weighted by atomic mass is 16.6. The van der Waals surface area contributed by atoms with Gasteiger partial charge in [-0.3, -0.25) is 14.9 Å². The number of nitro groups is 1. The average Bonchev–Trinajstić information content (AvgIpc) is 2.27. The molecular formula is C12H15NO3. The van der Waals surface area contributed by atoms with E-state index < -0.39 is 10.8 Å². The second-order valence-corrected chi connectivity index (χ2v) is 3.69. The number of hydrogen-bond acceptors (Lipinski definition) is 3. The molecule has 0 amide bonds. The minimum Gasteiger partial charge on any atom is -0.299 e. The van der Waals surface area contributed by atoms with Gasteiger partial charge in [0.1, 0.15) is 11.7 Å². The molecule has 86 valence electrons. The number of benzene rings is 1. The summed E-state index contributed by atoms with van der Waals surface area (Å²) in [6.45, 7) is 1.58. The minimum absolute atomic E-state index is 0.0506. The lowest BCUT2D eigenvalue weighted by molar-refractivity contribution is -0.481. The fourth-order valence-corrected chi connectivity index (χ4v) is 1.65. The Labute approximate surface area is 94.4 Å². The van der Waals surface area contributed by atoms with Gasteiger partial charge in [-0.05, 0) is 12.0 Å². The Bertz CT molecular complexity index is 362. The first-order valence-corrected chi connectivity index (χ1v) is 5.34. The molecule has 0 aliphatic rings. The van der Waals surface area contributed by atoms with Crippen LogP contribution in [0.4, 0.5) is 0 Å². The van der Waals surface area contributed by atoms with Gasteiger partial charge in [-0.1, -0.05) is 37.3 Å². The van der Waals surface area contributed by atoms with Crippen molar-refractivity contribution in [3.05, 3.63) is 46.0 Å². The SMILES string of the molecule is CCCC(=O)C(C[N+](=O)[O-])c1ccccc1. The normalized spacial score (nSPS) is 12.1. The summed E-state index contributed by atoms with van der Waals surface area (Å²) in [5, 5.41) is 10.5. The molecule has 0 saturated carbocycles. The first kappa shape index (κ1) is 12.4. The third-order valence-electron chi connectivity index (χ3n) is 2.42. The Kier molecular flexibility index (Phi) is 4.64. The van der Waals surface area contributed by atoms with Gasteiger partial charge in [0.2, 0.25) is 6.54 Å². The lowest BCUT2D eigenvalue weighted by atomic mass is 9.92. The Hall–Kier alpha value is -1.71. The highest BCUT2D eigenvalue weighted by molar-refractivity contribution is 5.85. The smallest absolute Gasteiger partial charge is 0.217 e. The maximum absolute atomic E-state index is 11.8. The molecule has 1 aromatic carbocycles. The van der Waals surface area contributed by atoms with Crippen molar-refractivity contribution in [2.75, 3.05) is 6.54 Å². The molecular weight excluding hydrogens is 206 g/mol. The lowest BCUT2D eigenvalue weighted by Gasteiger charge is -2.11. The zero-order valence-electron chi connectivity index (χ0n) is 9.26. The van der Waals surface area contributed by atoms with E-state index in [1.54, 1.807) is 24.3 Å². The number of carbonyl (C=O) groups is 1. The van der Waals surface area contributed by atoms with Gasteiger partial charge in [0.15, 0.2) is 0 Å². The third-order valence-corrected chi connectivity index (χ3v) is 2.42. The van der Waals surface area contributed by atoms with Crippen LogP contribution in [-0.4, -0.2) is 17.3 Å². The lowest BCUT2D eigenvalue weighted by Crippen LogP contribution is -2.21. The van der Waals surface area contributed by atoms with Crippen LogP contribution < -0.4 is 0 Å². The predicted molar refractivity (Wildman–Crippen MR) is 61.0 cm³/mol. The van der Waals surface area contributed by atoms with E-state index in [-0.39, 0.29) is 12.3 Å². The van der Waals surface area contributed by atoms with E-state index in [2.05, 4.69) is 0 Å². The quantitative estimate of drug-likeness (QED) is 0.547. The second-order valence-electron chi connectivity index (χ2n) is 3.69. The molecule has 0 saturated heterocycles. The van der Waals surface area contributed by atoms with Crippen LogP contribution in [0.25, 0.3) is 0 Å². The van der Waals surface area contributed by atoms with Crippen LogP contribution in [-0.2, 0) is 4.79 Å². The first-order chi connectivity index (χ1) is 7.65. The van der Waals surface area contributed by atoms with Crippen LogP contribution in [0.3, 0.4) is 0 Å². The van der Waals surface area contributed by atoms with Gasteiger partial charge < -0.3 is 0 Å². The average molecular weight is 221 g/mol. The minimum atomic E-state index is -0.601. The molecule has 1 rings (SSSR count). The van der Waals surface area contributed by atoms with E-state index in [4.69, 9.17) is 0 Å². The van der Waals surface area contributed by atoms with Gasteiger partial charge in [-0.25, -0.2) is 0 Å². The fourth-order valence-electron chi connectivity index (χ4n) is 1.65. The number of Topliss-reactive ketones (excluding diaryl/α,β-unsaturated/α-hetero) is 1. The molecule has 0 bridgehead atoms. The van der Waals surface area contributed by atoms with Crippen molar-refractivity contribution in [3.63, 3.8) is 0 Å². The van der Waals surface area contributed by atoms with Gasteiger partial charge in [-0.2, -0.15) is 0 Å². The van der Waals surface area contributed by atoms with E-state index in [0.717, 1.165) is 12.0 Å². The maximum atomic E-state index is 11.8. The number of carbonyl (C=O) groups excluding carboxylic acids is 1. The second kappa shape index (κ2) is 6.00. The highest BCUT2D eigenvalue weighted by Gasteiger charge is 2.24. The van der Waals surface area contributed by atoms with Crippen molar-refractivity contribution in [3.8, 4) is 0 Å². The number of nitrogens with zero attached hydrogens (tertiary/aromatic N) is 1. The Morgan fingerprint density at radius 3 is 2.50 bits per heavy atom. The molecule has 0 radical (unpaired) electrons. The molecule has 0 aromatic heterocycles. The van der Waals surface area contributed by atoms with E-state index >= 15 is 0 Å². The van der Waals surface area contributed by atoms with Crippen LogP contribution in [0.2, 0.25) is 0 Å². The van der Waals surface area contributed by atoms with E-state index in [9.17, 15) is 14.9 Å². The topological polar surface area (TPSA) is 60.2 Å². The summed E-state index contributed by atoms with van der Waals surface area (Å²) in [6, 6.07) is 8.95. The van der Waals surface area contributed by atoms with Crippen molar-refractivity contribution in [1.82, 2.24) is 0 Å². The van der Waals surface area contributed by atoms with Gasteiger partial charge in [0.25, 0.3) is 0 Å². The summed E-state index contributed by atoms with van der Waals surface area (Å²) in [4.78, 5) is 21.9. The summed E-state index contributed by atoms with van der Waals surface area (Å²) >= 11 is 0. The summed E-state index contributed by atoms with van der Waals surface area (Å²) in [7, 11) is 0. The van der Waals surface area contributed by atoms with Gasteiger partial charge in [0.05, 0.1) is 0 Å². The zero-order valence-corrected chi connectivity index (χ0v) is 9.26. The molecule has 16 heavy (non-hydrogen) atoms. The maximum Gasteiger partial charge on any atom is 0.217 e. The van der Waals surface area contributed by atoms with Gasteiger partial charge in [-0.15, -0.1) is 0 Å². The van der Waals surface area contributed by atoms with E-state index in [1.165, 1.54) is 0 Å². The van der Waals surface area contributed by atoms with Crippen molar-refractivity contribution < 1.29 is 9.72 Å². The van der Waals surface area contributed by atoms with Gasteiger partial charge in [0, 0.05) is 11.3 Å². The Morgan fingerprint density at radius 1 is 1.38 bits per heavy atom. The molecule has 0 spiro atoms. The standard InChI is InChI=1S/C12H15NO3/c1-2-6-12(14)11(9-13(15)16)10-7-4-3-5-8-10/h3-5,7-8,11H,2,6,9H2,1H3. The highest BCUT2D eigenvalue weighted by Crippen LogP contribution is 2.19. The van der Waals surface area contributed by atoms with Crippen LogP contribution in [0, 0.1) is 10.1 Å². The molecule has 1 unspecified atom stereocenters. The Morgan fingerprint density at radius 2 is 2.00 bits per heavy atom. The molecule has 1 atom stereocenters. The molecule has 1 aromatic rings. The Balaban J connectivity index is 2.87. The molecule has 4 nitrogen and oxygen atoms in total.